The zero-order valence-electron chi connectivity index (χ0n) is 15.1. The summed E-state index contributed by atoms with van der Waals surface area (Å²) in [5.74, 6) is 1.79. The Morgan fingerprint density at radius 1 is 1.36 bits per heavy atom. The molecule has 2 bridgehead atoms. The molecule has 1 saturated carbocycles. The summed E-state index contributed by atoms with van der Waals surface area (Å²) in [6.07, 6.45) is 3.60. The Hall–Kier alpha value is -2.29. The average Bonchev–Trinajstić information content (AvgIpc) is 2.79. The van der Waals surface area contributed by atoms with Gasteiger partial charge in [-0.15, -0.1) is 0 Å². The molecule has 1 aromatic rings. The summed E-state index contributed by atoms with van der Waals surface area (Å²) in [7, 11) is 0. The van der Waals surface area contributed by atoms with Gasteiger partial charge in [0, 0.05) is 31.3 Å². The van der Waals surface area contributed by atoms with E-state index in [0.717, 1.165) is 25.9 Å². The molecule has 1 aliphatic carbocycles. The highest BCUT2D eigenvalue weighted by Crippen LogP contribution is 2.42. The molecular weight excluding hydrogens is 318 g/mol. The number of hydrogen-bond acceptors (Lipinski definition) is 5. The lowest BCUT2D eigenvalue weighted by molar-refractivity contribution is 0.00317. The fraction of sp³-hybridized carbons (Fsp3) is 0.632. The number of amides is 1. The number of likely N-dealkylation sites (tertiary alicyclic amines) is 1. The second-order valence-electron chi connectivity index (χ2n) is 7.95. The smallest absolute Gasteiger partial charge is 0.410 e. The third-order valence-electron chi connectivity index (χ3n) is 4.97. The number of nitrogens with zero attached hydrogens (tertiary/aromatic N) is 3. The molecule has 2 aliphatic rings. The van der Waals surface area contributed by atoms with Crippen LogP contribution in [-0.4, -0.2) is 41.3 Å². The van der Waals surface area contributed by atoms with Crippen LogP contribution in [-0.2, 0) is 4.74 Å². The molecule has 134 valence electrons. The lowest BCUT2D eigenvalue weighted by Gasteiger charge is -2.38. The van der Waals surface area contributed by atoms with Crippen LogP contribution >= 0.6 is 0 Å². The first-order valence-electron chi connectivity index (χ1n) is 8.82. The molecule has 1 aromatic heterocycles. The first-order valence-corrected chi connectivity index (χ1v) is 8.82. The Morgan fingerprint density at radius 3 is 2.64 bits per heavy atom. The van der Waals surface area contributed by atoms with Crippen molar-refractivity contribution >= 4 is 6.09 Å². The fourth-order valence-corrected chi connectivity index (χ4v) is 3.82. The van der Waals surface area contributed by atoms with Crippen LogP contribution in [0.5, 0.6) is 5.88 Å². The Kier molecular flexibility index (Phi) is 4.85. The summed E-state index contributed by atoms with van der Waals surface area (Å²) < 4.78 is 11.4. The predicted octanol–water partition coefficient (Wildman–Crippen LogP) is 3.23. The lowest BCUT2D eigenvalue weighted by Crippen LogP contribution is -2.48. The summed E-state index contributed by atoms with van der Waals surface area (Å²) >= 11 is 0. The molecule has 0 N–H and O–H groups in total. The van der Waals surface area contributed by atoms with E-state index in [9.17, 15) is 4.79 Å². The number of aromatic nitrogens is 1. The van der Waals surface area contributed by atoms with E-state index in [4.69, 9.17) is 14.7 Å². The summed E-state index contributed by atoms with van der Waals surface area (Å²) in [5, 5.41) is 8.95. The zero-order chi connectivity index (χ0) is 18.0. The van der Waals surface area contributed by atoms with Gasteiger partial charge < -0.3 is 14.4 Å². The number of fused-ring (bicyclic) bond motifs is 2. The molecule has 3 rings (SSSR count). The van der Waals surface area contributed by atoms with Crippen molar-refractivity contribution in [2.45, 2.75) is 39.2 Å². The molecule has 0 radical (unpaired) electrons. The van der Waals surface area contributed by atoms with Crippen molar-refractivity contribution in [2.75, 3.05) is 19.7 Å². The highest BCUT2D eigenvalue weighted by molar-refractivity contribution is 5.68. The maximum Gasteiger partial charge on any atom is 0.410 e. The Morgan fingerprint density at radius 2 is 2.04 bits per heavy atom. The zero-order valence-corrected chi connectivity index (χ0v) is 15.1. The van der Waals surface area contributed by atoms with Crippen molar-refractivity contribution in [2.24, 2.45) is 17.8 Å². The van der Waals surface area contributed by atoms with Gasteiger partial charge in [-0.2, -0.15) is 5.26 Å². The second-order valence-corrected chi connectivity index (χ2v) is 7.95. The van der Waals surface area contributed by atoms with Gasteiger partial charge in [0.25, 0.3) is 0 Å². The second kappa shape index (κ2) is 6.91. The van der Waals surface area contributed by atoms with Crippen molar-refractivity contribution in [3.05, 3.63) is 23.9 Å². The van der Waals surface area contributed by atoms with E-state index in [1.165, 1.54) is 0 Å². The summed E-state index contributed by atoms with van der Waals surface area (Å²) in [6.45, 7) is 7.71. The Balaban J connectivity index is 1.57. The Labute approximate surface area is 148 Å². The van der Waals surface area contributed by atoms with E-state index >= 15 is 0 Å². The van der Waals surface area contributed by atoms with Gasteiger partial charge in [0.15, 0.2) is 0 Å². The van der Waals surface area contributed by atoms with E-state index < -0.39 is 5.60 Å². The largest absolute Gasteiger partial charge is 0.477 e. The number of carbonyl (C=O) groups excluding carboxylic acids is 1. The first kappa shape index (κ1) is 17.5. The van der Waals surface area contributed by atoms with Gasteiger partial charge in [-0.1, -0.05) is 0 Å². The SMILES string of the molecule is CC(C)(C)OC(=O)N1CC2CCC(C1)C2COc1cc(C#N)ccn1. The minimum atomic E-state index is -0.465. The van der Waals surface area contributed by atoms with E-state index in [1.54, 1.807) is 18.3 Å². The van der Waals surface area contributed by atoms with E-state index in [1.807, 2.05) is 25.7 Å². The number of nitriles is 1. The van der Waals surface area contributed by atoms with Crippen LogP contribution in [0.1, 0.15) is 39.2 Å². The normalized spacial score (nSPS) is 25.4. The molecule has 6 heteroatoms. The highest BCUT2D eigenvalue weighted by atomic mass is 16.6. The summed E-state index contributed by atoms with van der Waals surface area (Å²) in [5.41, 5.74) is 0.0840. The molecule has 1 saturated heterocycles. The van der Waals surface area contributed by atoms with Crippen LogP contribution in [0.25, 0.3) is 0 Å². The van der Waals surface area contributed by atoms with E-state index in [2.05, 4.69) is 11.1 Å². The van der Waals surface area contributed by atoms with Crippen LogP contribution in [0.4, 0.5) is 4.79 Å². The molecule has 2 atom stereocenters. The third-order valence-corrected chi connectivity index (χ3v) is 4.97. The van der Waals surface area contributed by atoms with Gasteiger partial charge in [-0.05, 0) is 51.5 Å². The molecule has 1 amide bonds. The maximum absolute atomic E-state index is 12.3. The van der Waals surface area contributed by atoms with Crippen LogP contribution in [0.2, 0.25) is 0 Å². The van der Waals surface area contributed by atoms with Gasteiger partial charge in [-0.3, -0.25) is 0 Å². The van der Waals surface area contributed by atoms with Crippen molar-refractivity contribution in [3.8, 4) is 11.9 Å². The molecule has 0 spiro atoms. The standard InChI is InChI=1S/C19H25N3O3/c1-19(2,3)25-18(23)22-10-14-4-5-15(11-22)16(14)12-24-17-8-13(9-20)6-7-21-17/h6-8,14-16H,4-5,10-12H2,1-3H3. The van der Waals surface area contributed by atoms with E-state index in [0.29, 0.717) is 35.8 Å². The molecule has 2 fully saturated rings. The third kappa shape index (κ3) is 4.22. The van der Waals surface area contributed by atoms with Crippen LogP contribution in [0.3, 0.4) is 0 Å². The highest BCUT2D eigenvalue weighted by Gasteiger charge is 2.44. The minimum Gasteiger partial charge on any atom is -0.477 e. The van der Waals surface area contributed by atoms with Crippen molar-refractivity contribution < 1.29 is 14.3 Å². The molecule has 2 heterocycles. The number of rotatable bonds is 3. The maximum atomic E-state index is 12.3. The molecule has 0 aromatic carbocycles. The molecule has 25 heavy (non-hydrogen) atoms. The van der Waals surface area contributed by atoms with Gasteiger partial charge in [-0.25, -0.2) is 9.78 Å². The van der Waals surface area contributed by atoms with Crippen LogP contribution < -0.4 is 4.74 Å². The van der Waals surface area contributed by atoms with Crippen LogP contribution in [0.15, 0.2) is 18.3 Å². The number of pyridine rings is 1. The number of piperidine rings is 1. The topological polar surface area (TPSA) is 75.4 Å². The molecule has 1 aliphatic heterocycles. The van der Waals surface area contributed by atoms with Crippen molar-refractivity contribution in [1.29, 1.82) is 5.26 Å². The predicted molar refractivity (Wildman–Crippen MR) is 92.0 cm³/mol. The molecule has 2 unspecified atom stereocenters. The summed E-state index contributed by atoms with van der Waals surface area (Å²) in [4.78, 5) is 18.3. The van der Waals surface area contributed by atoms with Crippen LogP contribution in [0, 0.1) is 29.1 Å². The lowest BCUT2D eigenvalue weighted by atomic mass is 9.86. The van der Waals surface area contributed by atoms with E-state index in [-0.39, 0.29) is 6.09 Å². The number of ether oxygens (including phenoxy) is 2. The van der Waals surface area contributed by atoms with Crippen molar-refractivity contribution in [1.82, 2.24) is 9.88 Å². The first-order chi connectivity index (χ1) is 11.9. The van der Waals surface area contributed by atoms with Crippen molar-refractivity contribution in [3.63, 3.8) is 0 Å². The number of carbonyl (C=O) groups is 1. The van der Waals surface area contributed by atoms with Gasteiger partial charge in [0.05, 0.1) is 18.2 Å². The summed E-state index contributed by atoms with van der Waals surface area (Å²) in [6, 6.07) is 5.42. The molecular formula is C19H25N3O3. The average molecular weight is 343 g/mol. The van der Waals surface area contributed by atoms with Gasteiger partial charge in [0.2, 0.25) is 5.88 Å². The van der Waals surface area contributed by atoms with Gasteiger partial charge >= 0.3 is 6.09 Å². The van der Waals surface area contributed by atoms with Gasteiger partial charge in [0.1, 0.15) is 5.60 Å². The monoisotopic (exact) mass is 343 g/mol. The minimum absolute atomic E-state index is 0.216. The fourth-order valence-electron chi connectivity index (χ4n) is 3.82. The Bertz CT molecular complexity index is 663. The molecule has 6 nitrogen and oxygen atoms in total. The quantitative estimate of drug-likeness (QED) is 0.842. The number of hydrogen-bond donors (Lipinski definition) is 0.